The molecular weight excluding hydrogens is 519 g/mol. The Labute approximate surface area is 211 Å². The maximum absolute atomic E-state index is 13.0. The number of sulfonamides is 1. The van der Waals surface area contributed by atoms with Crippen LogP contribution < -0.4 is 10.4 Å². The fraction of sp³-hybridized carbons (Fsp3) is 0.333. The summed E-state index contributed by atoms with van der Waals surface area (Å²) in [4.78, 5) is 17.3. The molecule has 0 bridgehead atoms. The average Bonchev–Trinajstić information content (AvgIpc) is 3.32. The molecule has 1 aliphatic heterocycles. The summed E-state index contributed by atoms with van der Waals surface area (Å²) in [6.07, 6.45) is 1.24. The summed E-state index contributed by atoms with van der Waals surface area (Å²) >= 11 is 13.3. The number of aromatic nitrogens is 3. The minimum atomic E-state index is -3.61. The Morgan fingerprint density at radius 1 is 1.18 bits per heavy atom. The third kappa shape index (κ3) is 5.33. The molecule has 1 amide bonds. The van der Waals surface area contributed by atoms with E-state index in [1.54, 1.807) is 36.7 Å². The molecule has 9 nitrogen and oxygen atoms in total. The van der Waals surface area contributed by atoms with E-state index in [9.17, 15) is 13.2 Å². The number of hydrogen-bond donors (Lipinski definition) is 1. The normalized spacial score (nSPS) is 15.3. The number of carbonyl (C=O) groups excluding carboxylic acids is 1. The molecule has 3 aromatic rings. The van der Waals surface area contributed by atoms with E-state index in [2.05, 4.69) is 20.6 Å². The van der Waals surface area contributed by atoms with Gasteiger partial charge in [0.2, 0.25) is 10.0 Å². The summed E-state index contributed by atoms with van der Waals surface area (Å²) < 4.78 is 27.5. The maximum Gasteiger partial charge on any atom is 0.289 e. The van der Waals surface area contributed by atoms with E-state index < -0.39 is 10.0 Å². The van der Waals surface area contributed by atoms with E-state index in [-0.39, 0.29) is 27.6 Å². The van der Waals surface area contributed by atoms with Gasteiger partial charge >= 0.3 is 0 Å². The van der Waals surface area contributed by atoms with Crippen molar-refractivity contribution in [1.29, 1.82) is 0 Å². The van der Waals surface area contributed by atoms with Gasteiger partial charge in [0.05, 0.1) is 9.90 Å². The number of carbonyl (C=O) groups is 1. The van der Waals surface area contributed by atoms with Crippen LogP contribution in [0.25, 0.3) is 0 Å². The lowest BCUT2D eigenvalue weighted by Crippen LogP contribution is -2.40. The highest BCUT2D eigenvalue weighted by Gasteiger charge is 2.31. The van der Waals surface area contributed by atoms with Crippen molar-refractivity contribution in [2.75, 3.05) is 25.1 Å². The van der Waals surface area contributed by atoms with Crippen LogP contribution in [0.5, 0.6) is 0 Å². The lowest BCUT2D eigenvalue weighted by Gasteiger charge is -2.30. The summed E-state index contributed by atoms with van der Waals surface area (Å²) in [7, 11) is -1.98. The van der Waals surface area contributed by atoms with Gasteiger partial charge in [0, 0.05) is 36.5 Å². The first-order chi connectivity index (χ1) is 16.1. The molecule has 0 radical (unpaired) electrons. The highest BCUT2D eigenvalue weighted by molar-refractivity contribution is 7.89. The van der Waals surface area contributed by atoms with Crippen molar-refractivity contribution >= 4 is 56.3 Å². The van der Waals surface area contributed by atoms with Crippen molar-refractivity contribution in [1.82, 2.24) is 24.9 Å². The van der Waals surface area contributed by atoms with Crippen molar-refractivity contribution < 1.29 is 13.2 Å². The zero-order valence-electron chi connectivity index (χ0n) is 18.4. The number of nitrogens with zero attached hydrogens (tertiary/aromatic N) is 5. The topological polar surface area (TPSA) is 108 Å². The van der Waals surface area contributed by atoms with Crippen molar-refractivity contribution in [3.63, 3.8) is 0 Å². The Morgan fingerprint density at radius 3 is 2.56 bits per heavy atom. The lowest BCUT2D eigenvalue weighted by molar-refractivity contribution is 0.0946. The van der Waals surface area contributed by atoms with Crippen molar-refractivity contribution in [3.05, 3.63) is 62.2 Å². The summed E-state index contributed by atoms with van der Waals surface area (Å²) in [5.74, 6) is 0.133. The van der Waals surface area contributed by atoms with Crippen LogP contribution in [0.2, 0.25) is 10.2 Å². The van der Waals surface area contributed by atoms with Crippen LogP contribution in [0.1, 0.15) is 39.8 Å². The molecule has 0 saturated carbocycles. The number of thiazole rings is 1. The molecule has 0 spiro atoms. The number of aryl methyl sites for hydroxylation is 1. The molecule has 0 aliphatic carbocycles. The van der Waals surface area contributed by atoms with Gasteiger partial charge < -0.3 is 0 Å². The maximum atomic E-state index is 13.0. The molecule has 1 aliphatic rings. The molecule has 4 rings (SSSR count). The Kier molecular flexibility index (Phi) is 7.39. The molecule has 2 aromatic heterocycles. The Hall–Kier alpha value is -2.31. The van der Waals surface area contributed by atoms with Crippen LogP contribution >= 0.6 is 34.5 Å². The van der Waals surface area contributed by atoms with E-state index in [4.69, 9.17) is 23.2 Å². The van der Waals surface area contributed by atoms with Crippen LogP contribution in [0.4, 0.5) is 5.82 Å². The first-order valence-corrected chi connectivity index (χ1v) is 13.5. The van der Waals surface area contributed by atoms with E-state index in [0.29, 0.717) is 36.8 Å². The molecule has 0 unspecified atom stereocenters. The van der Waals surface area contributed by atoms with Gasteiger partial charge in [-0.25, -0.2) is 13.4 Å². The Bertz CT molecular complexity index is 1290. The fourth-order valence-corrected chi connectivity index (χ4v) is 6.37. The standard InChI is InChI=1S/C21H22Cl2N6O3S2/c1-13-3-4-15(11-16(13)22)34(31,32)29-9-7-14(8-10-29)21-24-17(12-33-21)20(30)27-28(2)19-6-5-18(23)25-26-19/h3-6,11-12,14H,7-10H2,1-2H3,(H,27,30). The van der Waals surface area contributed by atoms with Gasteiger partial charge in [0.25, 0.3) is 5.91 Å². The molecule has 0 atom stereocenters. The summed E-state index contributed by atoms with van der Waals surface area (Å²) in [5.41, 5.74) is 3.82. The SMILES string of the molecule is Cc1ccc(S(=O)(=O)N2CCC(c3nc(C(=O)NN(C)c4ccc(Cl)nn4)cs3)CC2)cc1Cl. The summed E-state index contributed by atoms with van der Waals surface area (Å²) in [5, 5.41) is 12.3. The molecule has 1 N–H and O–H groups in total. The predicted octanol–water partition coefficient (Wildman–Crippen LogP) is 3.90. The number of amides is 1. The van der Waals surface area contributed by atoms with Gasteiger partial charge in [-0.2, -0.15) is 4.31 Å². The van der Waals surface area contributed by atoms with E-state index in [1.165, 1.54) is 26.7 Å². The van der Waals surface area contributed by atoms with Crippen LogP contribution in [0.3, 0.4) is 0 Å². The monoisotopic (exact) mass is 540 g/mol. The minimum absolute atomic E-state index is 0.0828. The number of nitrogens with one attached hydrogen (secondary N) is 1. The van der Waals surface area contributed by atoms with Crippen molar-refractivity contribution in [2.24, 2.45) is 0 Å². The number of halogens is 2. The molecule has 3 heterocycles. The second kappa shape index (κ2) is 10.1. The van der Waals surface area contributed by atoms with Crippen molar-refractivity contribution in [2.45, 2.75) is 30.6 Å². The summed E-state index contributed by atoms with van der Waals surface area (Å²) in [6.45, 7) is 2.58. The number of benzene rings is 1. The van der Waals surface area contributed by atoms with Gasteiger partial charge in [0.15, 0.2) is 11.0 Å². The molecular formula is C21H22Cl2N6O3S2. The first-order valence-electron chi connectivity index (χ1n) is 10.4. The van der Waals surface area contributed by atoms with E-state index >= 15 is 0 Å². The Morgan fingerprint density at radius 2 is 1.91 bits per heavy atom. The highest BCUT2D eigenvalue weighted by Crippen LogP contribution is 2.33. The number of anilines is 1. The van der Waals surface area contributed by atoms with Crippen LogP contribution in [0.15, 0.2) is 40.6 Å². The molecule has 1 fully saturated rings. The van der Waals surface area contributed by atoms with Gasteiger partial charge in [-0.05, 0) is 49.6 Å². The zero-order valence-corrected chi connectivity index (χ0v) is 21.5. The quantitative estimate of drug-likeness (QED) is 0.472. The molecule has 1 saturated heterocycles. The molecule has 34 heavy (non-hydrogen) atoms. The van der Waals surface area contributed by atoms with E-state index in [0.717, 1.165) is 10.6 Å². The van der Waals surface area contributed by atoms with Crippen LogP contribution in [0, 0.1) is 6.92 Å². The van der Waals surface area contributed by atoms with E-state index in [1.807, 2.05) is 6.92 Å². The molecule has 1 aromatic carbocycles. The largest absolute Gasteiger partial charge is 0.289 e. The third-order valence-electron chi connectivity index (χ3n) is 5.57. The average molecular weight is 541 g/mol. The second-order valence-electron chi connectivity index (χ2n) is 7.87. The number of rotatable bonds is 6. The van der Waals surface area contributed by atoms with Gasteiger partial charge in [-0.3, -0.25) is 15.2 Å². The second-order valence-corrected chi connectivity index (χ2v) is 11.5. The van der Waals surface area contributed by atoms with Gasteiger partial charge in [0.1, 0.15) is 5.69 Å². The number of hydrogen-bond acceptors (Lipinski definition) is 8. The Balaban J connectivity index is 1.37. The third-order valence-corrected chi connectivity index (χ3v) is 9.08. The fourth-order valence-electron chi connectivity index (χ4n) is 3.56. The first kappa shape index (κ1) is 24.8. The molecule has 13 heteroatoms. The predicted molar refractivity (Wildman–Crippen MR) is 132 cm³/mol. The van der Waals surface area contributed by atoms with Gasteiger partial charge in [-0.15, -0.1) is 21.5 Å². The number of hydrazine groups is 1. The van der Waals surface area contributed by atoms with Crippen molar-refractivity contribution in [3.8, 4) is 0 Å². The van der Waals surface area contributed by atoms with Gasteiger partial charge in [-0.1, -0.05) is 29.3 Å². The highest BCUT2D eigenvalue weighted by atomic mass is 35.5. The minimum Gasteiger partial charge on any atom is -0.270 e. The zero-order chi connectivity index (χ0) is 24.5. The van der Waals surface area contributed by atoms with Crippen LogP contribution in [-0.2, 0) is 10.0 Å². The molecule has 180 valence electrons. The smallest absolute Gasteiger partial charge is 0.270 e. The summed E-state index contributed by atoms with van der Waals surface area (Å²) in [6, 6.07) is 8.00. The number of piperidine rings is 1. The lowest BCUT2D eigenvalue weighted by atomic mass is 9.99. The van der Waals surface area contributed by atoms with Crippen LogP contribution in [-0.4, -0.2) is 53.9 Å².